The topological polar surface area (TPSA) is 57.5 Å². The fourth-order valence-corrected chi connectivity index (χ4v) is 3.26. The van der Waals surface area contributed by atoms with Gasteiger partial charge in [0.2, 0.25) is 0 Å². The van der Waals surface area contributed by atoms with E-state index in [1.807, 2.05) is 0 Å². The Balaban J connectivity index is 1.76. The minimum absolute atomic E-state index is 0.142. The second-order valence-corrected chi connectivity index (χ2v) is 5.45. The summed E-state index contributed by atoms with van der Waals surface area (Å²) in [7, 11) is 0. The smallest absolute Gasteiger partial charge is 0.136 e. The molecule has 0 bridgehead atoms. The van der Waals surface area contributed by atoms with Gasteiger partial charge in [-0.3, -0.25) is 4.79 Å². The van der Waals surface area contributed by atoms with Gasteiger partial charge in [-0.25, -0.2) is 0 Å². The van der Waals surface area contributed by atoms with Gasteiger partial charge < -0.3 is 10.2 Å². The Morgan fingerprint density at radius 3 is 2.75 bits per heavy atom. The van der Waals surface area contributed by atoms with Crippen LogP contribution in [0.15, 0.2) is 0 Å². The van der Waals surface area contributed by atoms with Crippen molar-refractivity contribution < 1.29 is 15.0 Å². The molecule has 0 radical (unpaired) electrons. The molecule has 2 N–H and O–H groups in total. The van der Waals surface area contributed by atoms with Crippen LogP contribution in [0.2, 0.25) is 0 Å². The zero-order valence-corrected chi connectivity index (χ0v) is 9.93. The van der Waals surface area contributed by atoms with Crippen LogP contribution in [0.25, 0.3) is 0 Å². The van der Waals surface area contributed by atoms with Gasteiger partial charge in [-0.1, -0.05) is 13.3 Å². The highest BCUT2D eigenvalue weighted by Gasteiger charge is 2.52. The zero-order chi connectivity index (χ0) is 11.7. The van der Waals surface area contributed by atoms with Crippen molar-refractivity contribution >= 4 is 5.78 Å². The average Bonchev–Trinajstić information content (AvgIpc) is 2.49. The molecule has 2 fully saturated rings. The maximum Gasteiger partial charge on any atom is 0.136 e. The van der Waals surface area contributed by atoms with Crippen molar-refractivity contribution in [3.63, 3.8) is 0 Å². The maximum atomic E-state index is 11.3. The molecule has 0 aromatic carbocycles. The third-order valence-electron chi connectivity index (χ3n) is 4.34. The van der Waals surface area contributed by atoms with Gasteiger partial charge in [-0.05, 0) is 31.6 Å². The molecule has 0 saturated heterocycles. The number of fused-ring (bicyclic) bond motifs is 1. The first-order valence-electron chi connectivity index (χ1n) is 6.52. The van der Waals surface area contributed by atoms with Crippen LogP contribution < -0.4 is 0 Å². The van der Waals surface area contributed by atoms with Crippen LogP contribution in [0.4, 0.5) is 0 Å². The van der Waals surface area contributed by atoms with Crippen LogP contribution >= 0.6 is 0 Å². The van der Waals surface area contributed by atoms with Crippen molar-refractivity contribution in [1.82, 2.24) is 0 Å². The van der Waals surface area contributed by atoms with Gasteiger partial charge in [0, 0.05) is 18.3 Å². The lowest BCUT2D eigenvalue weighted by atomic mass is 9.74. The predicted molar refractivity (Wildman–Crippen MR) is 60.9 cm³/mol. The van der Waals surface area contributed by atoms with E-state index in [1.54, 1.807) is 0 Å². The van der Waals surface area contributed by atoms with E-state index in [2.05, 4.69) is 6.92 Å². The van der Waals surface area contributed by atoms with Gasteiger partial charge >= 0.3 is 0 Å². The summed E-state index contributed by atoms with van der Waals surface area (Å²) in [5.74, 6) is 0.956. The van der Waals surface area contributed by atoms with Gasteiger partial charge in [0.25, 0.3) is 0 Å². The number of rotatable bonds is 5. The van der Waals surface area contributed by atoms with Gasteiger partial charge in [0.15, 0.2) is 0 Å². The molecule has 0 spiro atoms. The summed E-state index contributed by atoms with van der Waals surface area (Å²) in [6.45, 7) is 2.06. The van der Waals surface area contributed by atoms with E-state index < -0.39 is 0 Å². The fourth-order valence-electron chi connectivity index (χ4n) is 3.26. The second kappa shape index (κ2) is 4.84. The molecule has 0 aromatic heterocycles. The molecular formula is C13H22O3. The third-order valence-corrected chi connectivity index (χ3v) is 4.34. The molecule has 3 nitrogen and oxygen atoms in total. The standard InChI is InChI=1S/C13H22O3/c1-2-3-9(14)5-4-8-6-10-11(13(8)16)7-12(10)15/h8-11,13-14,16H,2-7H2,1H3. The molecule has 0 heterocycles. The van der Waals surface area contributed by atoms with Crippen LogP contribution in [0.5, 0.6) is 0 Å². The van der Waals surface area contributed by atoms with Crippen LogP contribution in [0.3, 0.4) is 0 Å². The van der Waals surface area contributed by atoms with E-state index in [0.717, 1.165) is 32.1 Å². The first-order chi connectivity index (χ1) is 7.63. The summed E-state index contributed by atoms with van der Waals surface area (Å²) in [4.78, 5) is 11.3. The minimum atomic E-state index is -0.295. The summed E-state index contributed by atoms with van der Waals surface area (Å²) in [5.41, 5.74) is 0. The molecule has 5 atom stereocenters. The molecule has 5 unspecified atom stereocenters. The Labute approximate surface area is 96.9 Å². The minimum Gasteiger partial charge on any atom is -0.393 e. The maximum absolute atomic E-state index is 11.3. The van der Waals surface area contributed by atoms with Crippen LogP contribution in [-0.4, -0.2) is 28.2 Å². The first-order valence-corrected chi connectivity index (χ1v) is 6.52. The lowest BCUT2D eigenvalue weighted by molar-refractivity contribution is -0.135. The van der Waals surface area contributed by atoms with Crippen molar-refractivity contribution in [2.24, 2.45) is 17.8 Å². The van der Waals surface area contributed by atoms with Crippen molar-refractivity contribution in [3.05, 3.63) is 0 Å². The second-order valence-electron chi connectivity index (χ2n) is 5.45. The molecule has 2 aliphatic carbocycles. The van der Waals surface area contributed by atoms with Gasteiger partial charge in [0.05, 0.1) is 12.2 Å². The molecule has 16 heavy (non-hydrogen) atoms. The molecular weight excluding hydrogens is 204 g/mol. The summed E-state index contributed by atoms with van der Waals surface area (Å²) in [5, 5.41) is 19.7. The Bertz CT molecular complexity index is 264. The average molecular weight is 226 g/mol. The van der Waals surface area contributed by atoms with E-state index in [4.69, 9.17) is 0 Å². The highest BCUT2D eigenvalue weighted by molar-refractivity contribution is 5.88. The van der Waals surface area contributed by atoms with Gasteiger partial charge in [-0.15, -0.1) is 0 Å². The zero-order valence-electron chi connectivity index (χ0n) is 9.93. The predicted octanol–water partition coefficient (Wildman–Crippen LogP) is 1.51. The van der Waals surface area contributed by atoms with Crippen molar-refractivity contribution in [2.75, 3.05) is 0 Å². The Hall–Kier alpha value is -0.410. The van der Waals surface area contributed by atoms with Crippen LogP contribution in [0, 0.1) is 17.8 Å². The molecule has 0 amide bonds. The van der Waals surface area contributed by atoms with Crippen molar-refractivity contribution in [2.45, 2.75) is 57.7 Å². The third kappa shape index (κ3) is 2.16. The largest absolute Gasteiger partial charge is 0.393 e. The molecule has 2 aliphatic rings. The number of Topliss-reactive ketones (excluding diaryl/α,β-unsaturated/α-hetero) is 1. The Kier molecular flexibility index (Phi) is 3.65. The Morgan fingerprint density at radius 1 is 1.44 bits per heavy atom. The van der Waals surface area contributed by atoms with Crippen molar-refractivity contribution in [3.8, 4) is 0 Å². The molecule has 0 aliphatic heterocycles. The lowest BCUT2D eigenvalue weighted by Gasteiger charge is -2.30. The van der Waals surface area contributed by atoms with Crippen LogP contribution in [-0.2, 0) is 4.79 Å². The molecule has 2 rings (SSSR count). The summed E-state index contributed by atoms with van der Waals surface area (Å²) in [6.07, 6.45) is 4.38. The van der Waals surface area contributed by atoms with Crippen molar-refractivity contribution in [1.29, 1.82) is 0 Å². The monoisotopic (exact) mass is 226 g/mol. The quantitative estimate of drug-likeness (QED) is 0.747. The number of ketones is 1. The number of carbonyl (C=O) groups excluding carboxylic acids is 1. The summed E-state index contributed by atoms with van der Waals surface area (Å²) < 4.78 is 0. The number of aliphatic hydroxyl groups excluding tert-OH is 2. The molecule has 92 valence electrons. The van der Waals surface area contributed by atoms with E-state index >= 15 is 0 Å². The van der Waals surface area contributed by atoms with Gasteiger partial charge in [-0.2, -0.15) is 0 Å². The van der Waals surface area contributed by atoms with E-state index in [0.29, 0.717) is 12.2 Å². The lowest BCUT2D eigenvalue weighted by Crippen LogP contribution is -2.38. The summed E-state index contributed by atoms with van der Waals surface area (Å²) >= 11 is 0. The normalized spacial score (nSPS) is 39.3. The number of carbonyl (C=O) groups is 1. The van der Waals surface area contributed by atoms with E-state index in [9.17, 15) is 15.0 Å². The van der Waals surface area contributed by atoms with E-state index in [-0.39, 0.29) is 30.0 Å². The highest BCUT2D eigenvalue weighted by Crippen LogP contribution is 2.48. The molecule has 2 saturated carbocycles. The number of hydrogen-bond acceptors (Lipinski definition) is 3. The van der Waals surface area contributed by atoms with Crippen LogP contribution in [0.1, 0.15) is 45.4 Å². The van der Waals surface area contributed by atoms with E-state index in [1.165, 1.54) is 0 Å². The fraction of sp³-hybridized carbons (Fsp3) is 0.923. The Morgan fingerprint density at radius 2 is 2.19 bits per heavy atom. The van der Waals surface area contributed by atoms with Gasteiger partial charge in [0.1, 0.15) is 5.78 Å². The molecule has 0 aromatic rings. The highest BCUT2D eigenvalue weighted by atomic mass is 16.3. The molecule has 3 heteroatoms. The number of hydrogen-bond donors (Lipinski definition) is 2. The first kappa shape index (κ1) is 12.1. The SMILES string of the molecule is CCCC(O)CCC1CC2C(=O)CC2C1O. The number of aliphatic hydroxyl groups is 2. The summed E-state index contributed by atoms with van der Waals surface area (Å²) in [6, 6.07) is 0.